The molecule has 1 aliphatic rings. The zero-order valence-electron chi connectivity index (χ0n) is 18.8. The topological polar surface area (TPSA) is 96.5 Å². The van der Waals surface area contributed by atoms with Crippen molar-refractivity contribution in [2.75, 3.05) is 5.32 Å². The number of para-hydroxylation sites is 2. The molecule has 35 heavy (non-hydrogen) atoms. The summed E-state index contributed by atoms with van der Waals surface area (Å²) in [6, 6.07) is 16.6. The fraction of sp³-hybridized carbons (Fsp3) is 0.192. The number of fused-ring (bicyclic) bond motifs is 1. The van der Waals surface area contributed by atoms with Crippen LogP contribution in [0.2, 0.25) is 0 Å². The quantitative estimate of drug-likeness (QED) is 0.506. The van der Waals surface area contributed by atoms with Crippen molar-refractivity contribution in [2.45, 2.75) is 31.5 Å². The molecule has 3 aromatic carbocycles. The van der Waals surface area contributed by atoms with Crippen LogP contribution in [-0.2, 0) is 20.8 Å². The highest BCUT2D eigenvalue weighted by Crippen LogP contribution is 2.34. The van der Waals surface area contributed by atoms with Crippen molar-refractivity contribution in [1.29, 1.82) is 0 Å². The van der Waals surface area contributed by atoms with Gasteiger partial charge in [-0.3, -0.25) is 14.4 Å². The minimum absolute atomic E-state index is 0.131. The van der Waals surface area contributed by atoms with E-state index in [0.29, 0.717) is 23.1 Å². The van der Waals surface area contributed by atoms with Crippen LogP contribution in [0.4, 0.5) is 14.5 Å². The minimum Gasteiger partial charge on any atom is -0.481 e. The molecule has 180 valence electrons. The van der Waals surface area contributed by atoms with E-state index in [-0.39, 0.29) is 12.0 Å². The Balaban J connectivity index is 1.48. The van der Waals surface area contributed by atoms with Gasteiger partial charge in [0.05, 0.1) is 12.1 Å². The second-order valence-electron chi connectivity index (χ2n) is 8.16. The van der Waals surface area contributed by atoms with E-state index in [4.69, 9.17) is 4.74 Å². The van der Waals surface area contributed by atoms with Crippen molar-refractivity contribution in [1.82, 2.24) is 10.6 Å². The Bertz CT molecular complexity index is 1230. The monoisotopic (exact) mass is 479 g/mol. The van der Waals surface area contributed by atoms with Crippen LogP contribution in [0.3, 0.4) is 0 Å². The molecule has 3 unspecified atom stereocenters. The first-order valence-electron chi connectivity index (χ1n) is 11.0. The third-order valence-corrected chi connectivity index (χ3v) is 5.47. The summed E-state index contributed by atoms with van der Waals surface area (Å²) >= 11 is 0. The summed E-state index contributed by atoms with van der Waals surface area (Å²) in [5.74, 6) is -2.86. The molecule has 0 aromatic heterocycles. The van der Waals surface area contributed by atoms with Crippen LogP contribution in [0, 0.1) is 11.6 Å². The Morgan fingerprint density at radius 1 is 1.00 bits per heavy atom. The molecule has 0 spiro atoms. The molecule has 3 N–H and O–H groups in total. The maximum Gasteiger partial charge on any atom is 0.251 e. The largest absolute Gasteiger partial charge is 0.481 e. The Hall–Kier alpha value is -4.27. The van der Waals surface area contributed by atoms with Crippen LogP contribution < -0.4 is 20.7 Å². The molecule has 9 heteroatoms. The number of benzene rings is 3. The van der Waals surface area contributed by atoms with Gasteiger partial charge in [-0.25, -0.2) is 8.78 Å². The lowest BCUT2D eigenvalue weighted by Gasteiger charge is -2.26. The van der Waals surface area contributed by atoms with Crippen LogP contribution in [0.5, 0.6) is 5.75 Å². The third-order valence-electron chi connectivity index (χ3n) is 5.47. The number of anilines is 1. The van der Waals surface area contributed by atoms with Crippen LogP contribution in [-0.4, -0.2) is 29.8 Å². The number of carbonyl (C=O) groups excluding carboxylic acids is 3. The molecule has 4 rings (SSSR count). The first kappa shape index (κ1) is 23.9. The molecule has 7 nitrogen and oxygen atoms in total. The summed E-state index contributed by atoms with van der Waals surface area (Å²) in [5, 5.41) is 7.92. The van der Waals surface area contributed by atoms with Crippen LogP contribution in [0.15, 0.2) is 72.8 Å². The highest BCUT2D eigenvalue weighted by atomic mass is 19.1. The first-order chi connectivity index (χ1) is 16.8. The second-order valence-corrected chi connectivity index (χ2v) is 8.16. The average Bonchev–Trinajstić information content (AvgIpc) is 2.95. The van der Waals surface area contributed by atoms with Gasteiger partial charge in [0.1, 0.15) is 29.5 Å². The maximum atomic E-state index is 13.4. The summed E-state index contributed by atoms with van der Waals surface area (Å²) in [7, 11) is 0. The van der Waals surface area contributed by atoms with Gasteiger partial charge in [0, 0.05) is 6.07 Å². The Morgan fingerprint density at radius 2 is 1.66 bits per heavy atom. The number of hydrogen-bond donors (Lipinski definition) is 3. The number of hydrogen-bond acceptors (Lipinski definition) is 4. The Morgan fingerprint density at radius 3 is 2.37 bits per heavy atom. The zero-order valence-corrected chi connectivity index (χ0v) is 18.8. The molecule has 0 fully saturated rings. The van der Waals surface area contributed by atoms with Crippen molar-refractivity contribution in [3.8, 4) is 5.75 Å². The van der Waals surface area contributed by atoms with E-state index in [9.17, 15) is 23.2 Å². The molecule has 0 saturated carbocycles. The average molecular weight is 479 g/mol. The highest BCUT2D eigenvalue weighted by Gasteiger charge is 2.37. The van der Waals surface area contributed by atoms with E-state index in [0.717, 1.165) is 12.1 Å². The number of halogens is 2. The number of amides is 3. The number of ether oxygens (including phenoxy) is 1. The maximum absolute atomic E-state index is 13.4. The Labute approximate surface area is 200 Å². The van der Waals surface area contributed by atoms with E-state index >= 15 is 0 Å². The standard InChI is InChI=1S/C26H23F2N3O4/c1-15(29-22(32)13-16-11-18(27)14-19(28)12-16)25(33)31-23-24(17-7-3-2-4-8-17)35-21-10-6-5-9-20(21)30-26(23)34/h2-12,14-15,23-24H,13H2,1H3,(H,29,32)(H,30,34)(H,31,33). The fourth-order valence-electron chi connectivity index (χ4n) is 3.80. The molecular formula is C26H23F2N3O4. The predicted octanol–water partition coefficient (Wildman–Crippen LogP) is 3.27. The lowest BCUT2D eigenvalue weighted by Crippen LogP contribution is -2.54. The van der Waals surface area contributed by atoms with Crippen molar-refractivity contribution >= 4 is 23.4 Å². The molecule has 0 aliphatic carbocycles. The molecule has 0 bridgehead atoms. The van der Waals surface area contributed by atoms with Crippen molar-refractivity contribution in [2.24, 2.45) is 0 Å². The van der Waals surface area contributed by atoms with Gasteiger partial charge >= 0.3 is 0 Å². The van der Waals surface area contributed by atoms with Crippen molar-refractivity contribution in [3.63, 3.8) is 0 Å². The minimum atomic E-state index is -1.10. The molecule has 1 heterocycles. The lowest BCUT2D eigenvalue weighted by atomic mass is 10.0. The number of carbonyl (C=O) groups is 3. The van der Waals surface area contributed by atoms with Gasteiger partial charge in [0.2, 0.25) is 11.8 Å². The second kappa shape index (κ2) is 10.3. The predicted molar refractivity (Wildman–Crippen MR) is 124 cm³/mol. The molecule has 3 aromatic rings. The van der Waals surface area contributed by atoms with Crippen LogP contribution >= 0.6 is 0 Å². The summed E-state index contributed by atoms with van der Waals surface area (Å²) in [6.45, 7) is 1.45. The molecular weight excluding hydrogens is 456 g/mol. The van der Waals surface area contributed by atoms with Gasteiger partial charge in [-0.15, -0.1) is 0 Å². The molecule has 1 aliphatic heterocycles. The van der Waals surface area contributed by atoms with Gasteiger partial charge in [0.15, 0.2) is 6.10 Å². The van der Waals surface area contributed by atoms with Crippen LogP contribution in [0.1, 0.15) is 24.2 Å². The lowest BCUT2D eigenvalue weighted by molar-refractivity contribution is -0.131. The van der Waals surface area contributed by atoms with E-state index in [1.807, 2.05) is 6.07 Å². The molecule has 0 radical (unpaired) electrons. The first-order valence-corrected chi connectivity index (χ1v) is 11.0. The highest BCUT2D eigenvalue weighted by molar-refractivity contribution is 6.00. The third kappa shape index (κ3) is 5.81. The normalized spacial score (nSPS) is 17.7. The van der Waals surface area contributed by atoms with E-state index < -0.39 is 47.5 Å². The summed E-state index contributed by atoms with van der Waals surface area (Å²) in [6.07, 6.45) is -1.15. The van der Waals surface area contributed by atoms with E-state index in [1.165, 1.54) is 6.92 Å². The summed E-state index contributed by atoms with van der Waals surface area (Å²) in [5.41, 5.74) is 1.28. The van der Waals surface area contributed by atoms with Crippen LogP contribution in [0.25, 0.3) is 0 Å². The van der Waals surface area contributed by atoms with Crippen molar-refractivity contribution < 1.29 is 27.9 Å². The number of nitrogens with one attached hydrogen (secondary N) is 3. The molecule has 3 amide bonds. The fourth-order valence-corrected chi connectivity index (χ4v) is 3.80. The SMILES string of the molecule is CC(NC(=O)Cc1cc(F)cc(F)c1)C(=O)NC1C(=O)Nc2ccccc2OC1c1ccccc1. The molecule has 0 saturated heterocycles. The number of rotatable bonds is 6. The molecule has 3 atom stereocenters. The van der Waals surface area contributed by atoms with E-state index in [2.05, 4.69) is 16.0 Å². The smallest absolute Gasteiger partial charge is 0.251 e. The van der Waals surface area contributed by atoms with Gasteiger partial charge in [-0.2, -0.15) is 0 Å². The van der Waals surface area contributed by atoms with Crippen molar-refractivity contribution in [3.05, 3.63) is 95.6 Å². The van der Waals surface area contributed by atoms with Gasteiger partial charge < -0.3 is 20.7 Å². The summed E-state index contributed by atoms with van der Waals surface area (Å²) in [4.78, 5) is 38.4. The van der Waals surface area contributed by atoms with Gasteiger partial charge in [0.25, 0.3) is 5.91 Å². The zero-order chi connectivity index (χ0) is 24.9. The Kier molecular flexibility index (Phi) is 7.05. The summed E-state index contributed by atoms with van der Waals surface area (Å²) < 4.78 is 32.9. The van der Waals surface area contributed by atoms with Gasteiger partial charge in [-0.1, -0.05) is 42.5 Å². The van der Waals surface area contributed by atoms with E-state index in [1.54, 1.807) is 48.5 Å². The van der Waals surface area contributed by atoms with Gasteiger partial charge in [-0.05, 0) is 42.3 Å².